The third kappa shape index (κ3) is 4.07. The Morgan fingerprint density at radius 3 is 2.26 bits per heavy atom. The number of hydrogen-bond acceptors (Lipinski definition) is 3. The lowest BCUT2D eigenvalue weighted by molar-refractivity contribution is 0.571. The van der Waals surface area contributed by atoms with Crippen molar-refractivity contribution in [2.75, 3.05) is 0 Å². The molecule has 0 spiro atoms. The van der Waals surface area contributed by atoms with Crippen molar-refractivity contribution < 1.29 is 0 Å². The van der Waals surface area contributed by atoms with Gasteiger partial charge in [0.2, 0.25) is 0 Å². The van der Waals surface area contributed by atoms with Gasteiger partial charge in [-0.25, -0.2) is 4.98 Å². The summed E-state index contributed by atoms with van der Waals surface area (Å²) in [7, 11) is 0. The van der Waals surface area contributed by atoms with Gasteiger partial charge in [-0.15, -0.1) is 0 Å². The van der Waals surface area contributed by atoms with Crippen LogP contribution >= 0.6 is 23.2 Å². The highest BCUT2D eigenvalue weighted by Crippen LogP contribution is 2.25. The third-order valence-electron chi connectivity index (χ3n) is 3.97. The predicted molar refractivity (Wildman–Crippen MR) is 108 cm³/mol. The zero-order valence-electron chi connectivity index (χ0n) is 15.0. The molecule has 0 aliphatic rings. The second-order valence-electron chi connectivity index (χ2n) is 7.08. The van der Waals surface area contributed by atoms with Crippen molar-refractivity contribution in [2.24, 2.45) is 0 Å². The molecule has 0 saturated carbocycles. The van der Waals surface area contributed by atoms with Crippen molar-refractivity contribution in [3.8, 4) is 0 Å². The molecule has 3 rings (SSSR count). The van der Waals surface area contributed by atoms with E-state index in [0.717, 1.165) is 5.69 Å². The first-order chi connectivity index (χ1) is 12.7. The van der Waals surface area contributed by atoms with Gasteiger partial charge in [-0.3, -0.25) is 9.59 Å². The Labute approximate surface area is 164 Å². The molecule has 0 radical (unpaired) electrons. The number of H-pyrrole nitrogens is 3. The van der Waals surface area contributed by atoms with Crippen LogP contribution < -0.4 is 21.8 Å². The first-order valence-corrected chi connectivity index (χ1v) is 8.96. The van der Waals surface area contributed by atoms with Crippen molar-refractivity contribution >= 4 is 35.4 Å². The largest absolute Gasteiger partial charge is 0.348 e. The van der Waals surface area contributed by atoms with E-state index >= 15 is 0 Å². The Morgan fingerprint density at radius 2 is 1.63 bits per heavy atom. The van der Waals surface area contributed by atoms with E-state index < -0.39 is 11.1 Å². The van der Waals surface area contributed by atoms with Crippen LogP contribution in [-0.2, 0) is 5.41 Å². The molecule has 0 saturated heterocycles. The molecule has 6 nitrogen and oxygen atoms in total. The van der Waals surface area contributed by atoms with Gasteiger partial charge >= 0.3 is 0 Å². The predicted octanol–water partition coefficient (Wildman–Crippen LogP) is 2.05. The zero-order valence-corrected chi connectivity index (χ0v) is 16.5. The van der Waals surface area contributed by atoms with Gasteiger partial charge in [0, 0.05) is 11.1 Å². The Morgan fingerprint density at radius 1 is 1.00 bits per heavy atom. The maximum atomic E-state index is 12.4. The van der Waals surface area contributed by atoms with Gasteiger partial charge in [0.1, 0.15) is 10.7 Å². The van der Waals surface area contributed by atoms with E-state index in [1.54, 1.807) is 30.6 Å². The molecule has 0 bridgehead atoms. The van der Waals surface area contributed by atoms with E-state index in [9.17, 15) is 9.59 Å². The highest BCUT2D eigenvalue weighted by Gasteiger charge is 2.19. The number of nitrogens with zero attached hydrogens (tertiary/aromatic N) is 1. The van der Waals surface area contributed by atoms with Crippen molar-refractivity contribution in [1.29, 1.82) is 0 Å². The van der Waals surface area contributed by atoms with Crippen LogP contribution in [0.5, 0.6) is 0 Å². The van der Waals surface area contributed by atoms with Crippen LogP contribution in [0.4, 0.5) is 0 Å². The highest BCUT2D eigenvalue weighted by molar-refractivity contribution is 6.42. The molecule has 0 unspecified atom stereocenters. The van der Waals surface area contributed by atoms with Gasteiger partial charge < -0.3 is 15.0 Å². The fourth-order valence-corrected chi connectivity index (χ4v) is 3.00. The van der Waals surface area contributed by atoms with Crippen LogP contribution in [0.3, 0.4) is 0 Å². The standard InChI is InChI=1S/C19H18Cl2N4O2/c1-19(2,3)16-12(22-9-23-16)8-14-18(27)24-13(17(26)25-14)7-10-5-4-6-11(20)15(10)21/h4-9H,1-3H3,(H,22,23)(H,24,27)(H,25,26). The van der Waals surface area contributed by atoms with E-state index in [-0.39, 0.29) is 16.1 Å². The second-order valence-corrected chi connectivity index (χ2v) is 7.87. The summed E-state index contributed by atoms with van der Waals surface area (Å²) in [4.78, 5) is 37.4. The van der Waals surface area contributed by atoms with Gasteiger partial charge in [-0.1, -0.05) is 56.1 Å². The lowest BCUT2D eigenvalue weighted by atomic mass is 9.90. The molecule has 2 aromatic heterocycles. The van der Waals surface area contributed by atoms with Crippen molar-refractivity contribution in [2.45, 2.75) is 26.2 Å². The van der Waals surface area contributed by atoms with E-state index in [4.69, 9.17) is 23.2 Å². The third-order valence-corrected chi connectivity index (χ3v) is 4.80. The summed E-state index contributed by atoms with van der Waals surface area (Å²) in [5.74, 6) is 0. The fourth-order valence-electron chi connectivity index (χ4n) is 2.64. The molecular weight excluding hydrogens is 387 g/mol. The smallest absolute Gasteiger partial charge is 0.272 e. The number of halogens is 2. The molecule has 1 aromatic carbocycles. The van der Waals surface area contributed by atoms with E-state index in [0.29, 0.717) is 21.3 Å². The zero-order chi connectivity index (χ0) is 19.8. The molecule has 3 N–H and O–H groups in total. The number of hydrogen-bond donors (Lipinski definition) is 3. The lowest BCUT2D eigenvalue weighted by Gasteiger charge is -2.16. The molecule has 140 valence electrons. The highest BCUT2D eigenvalue weighted by atomic mass is 35.5. The van der Waals surface area contributed by atoms with E-state index in [1.807, 2.05) is 20.8 Å². The summed E-state index contributed by atoms with van der Waals surface area (Å²) in [5.41, 5.74) is 0.908. The topological polar surface area (TPSA) is 94.4 Å². The first-order valence-electron chi connectivity index (χ1n) is 8.21. The minimum absolute atomic E-state index is 0.0828. The summed E-state index contributed by atoms with van der Waals surface area (Å²) in [5, 5.41) is 0.870. The van der Waals surface area contributed by atoms with E-state index in [1.165, 1.54) is 6.08 Å². The number of aromatic amines is 3. The molecule has 0 atom stereocenters. The van der Waals surface area contributed by atoms with Crippen LogP contribution in [0.2, 0.25) is 10.0 Å². The SMILES string of the molecule is CC(C)(C)c1[nH]cnc1C=c1[nH]c(=O)c(=Cc2cccc(Cl)c2Cl)[nH]c1=O. The molecular formula is C19H18Cl2N4O2. The molecule has 0 aliphatic heterocycles. The van der Waals surface area contributed by atoms with Gasteiger partial charge in [-0.05, 0) is 23.8 Å². The molecule has 2 heterocycles. The number of imidazole rings is 1. The van der Waals surface area contributed by atoms with Crippen molar-refractivity contribution in [3.63, 3.8) is 0 Å². The Bertz CT molecular complexity index is 1230. The Hall–Kier alpha value is -2.57. The maximum absolute atomic E-state index is 12.4. The van der Waals surface area contributed by atoms with Gasteiger partial charge in [0.15, 0.2) is 0 Å². The summed E-state index contributed by atoms with van der Waals surface area (Å²) in [6.07, 6.45) is 4.59. The molecule has 8 heteroatoms. The van der Waals surface area contributed by atoms with Crippen LogP contribution in [0, 0.1) is 0 Å². The molecule has 0 fully saturated rings. The fraction of sp³-hybridized carbons (Fsp3) is 0.211. The summed E-state index contributed by atoms with van der Waals surface area (Å²) in [6.45, 7) is 6.08. The van der Waals surface area contributed by atoms with Gasteiger partial charge in [-0.2, -0.15) is 0 Å². The summed E-state index contributed by atoms with van der Waals surface area (Å²) < 4.78 is 0. The Balaban J connectivity index is 2.16. The average molecular weight is 405 g/mol. The van der Waals surface area contributed by atoms with E-state index in [2.05, 4.69) is 19.9 Å². The van der Waals surface area contributed by atoms with Gasteiger partial charge in [0.05, 0.1) is 22.1 Å². The minimum atomic E-state index is -0.454. The molecule has 0 aliphatic carbocycles. The van der Waals surface area contributed by atoms with Crippen LogP contribution in [0.1, 0.15) is 37.7 Å². The lowest BCUT2D eigenvalue weighted by Crippen LogP contribution is -2.46. The Kier molecular flexibility index (Phi) is 5.13. The quantitative estimate of drug-likeness (QED) is 0.609. The monoisotopic (exact) mass is 404 g/mol. The van der Waals surface area contributed by atoms with Gasteiger partial charge in [0.25, 0.3) is 11.1 Å². The molecule has 0 amide bonds. The van der Waals surface area contributed by atoms with Crippen molar-refractivity contribution in [3.05, 3.63) is 82.9 Å². The normalized spacial score (nSPS) is 13.4. The first kappa shape index (κ1) is 19.2. The molecule has 3 aromatic rings. The maximum Gasteiger partial charge on any atom is 0.272 e. The summed E-state index contributed by atoms with van der Waals surface area (Å²) in [6, 6.07) is 5.05. The minimum Gasteiger partial charge on any atom is -0.348 e. The van der Waals surface area contributed by atoms with Crippen LogP contribution in [0.25, 0.3) is 12.2 Å². The summed E-state index contributed by atoms with van der Waals surface area (Å²) >= 11 is 12.1. The second kappa shape index (κ2) is 7.21. The molecule has 27 heavy (non-hydrogen) atoms. The van der Waals surface area contributed by atoms with Crippen LogP contribution in [-0.4, -0.2) is 19.9 Å². The van der Waals surface area contributed by atoms with Crippen LogP contribution in [0.15, 0.2) is 34.1 Å². The number of rotatable bonds is 2. The number of nitrogens with one attached hydrogen (secondary N) is 3. The van der Waals surface area contributed by atoms with Crippen molar-refractivity contribution in [1.82, 2.24) is 19.9 Å². The number of benzene rings is 1. The average Bonchev–Trinajstić information content (AvgIpc) is 3.05. The number of aromatic nitrogens is 4.